The summed E-state index contributed by atoms with van der Waals surface area (Å²) in [6.45, 7) is 1.98. The fourth-order valence-electron chi connectivity index (χ4n) is 4.03. The molecule has 1 atom stereocenters. The van der Waals surface area contributed by atoms with E-state index in [0.717, 1.165) is 31.2 Å². The molecule has 164 valence electrons. The SMILES string of the molecule is C[C@H](C(=O)NC1CCCCC1)N(Cc1ccccc1)C(=O)Cc1ccccc1[N+](=O)[O-]. The third kappa shape index (κ3) is 6.13. The number of nitrogens with zero attached hydrogens (tertiary/aromatic N) is 2. The van der Waals surface area contributed by atoms with E-state index in [9.17, 15) is 19.7 Å². The van der Waals surface area contributed by atoms with E-state index < -0.39 is 11.0 Å². The predicted octanol–water partition coefficient (Wildman–Crippen LogP) is 4.00. The molecule has 0 aliphatic heterocycles. The summed E-state index contributed by atoms with van der Waals surface area (Å²) in [5.74, 6) is -0.497. The number of nitro groups is 1. The molecular formula is C24H29N3O4. The first-order valence-electron chi connectivity index (χ1n) is 10.8. The summed E-state index contributed by atoms with van der Waals surface area (Å²) in [4.78, 5) is 38.6. The van der Waals surface area contributed by atoms with Crippen LogP contribution in [0.2, 0.25) is 0 Å². The number of amides is 2. The first kappa shape index (κ1) is 22.5. The van der Waals surface area contributed by atoms with E-state index in [4.69, 9.17) is 0 Å². The number of carbonyl (C=O) groups is 2. The van der Waals surface area contributed by atoms with Gasteiger partial charge in [-0.15, -0.1) is 0 Å². The van der Waals surface area contributed by atoms with Crippen molar-refractivity contribution < 1.29 is 14.5 Å². The molecule has 0 saturated heterocycles. The van der Waals surface area contributed by atoms with Gasteiger partial charge < -0.3 is 10.2 Å². The Morgan fingerprint density at radius 3 is 2.39 bits per heavy atom. The van der Waals surface area contributed by atoms with Crippen LogP contribution in [-0.2, 0) is 22.6 Å². The van der Waals surface area contributed by atoms with Gasteiger partial charge in [-0.2, -0.15) is 0 Å². The van der Waals surface area contributed by atoms with E-state index >= 15 is 0 Å². The lowest BCUT2D eigenvalue weighted by Gasteiger charge is -2.31. The molecule has 1 aliphatic carbocycles. The first-order valence-corrected chi connectivity index (χ1v) is 10.8. The molecule has 0 aromatic heterocycles. The maximum Gasteiger partial charge on any atom is 0.273 e. The van der Waals surface area contributed by atoms with Gasteiger partial charge >= 0.3 is 0 Å². The third-order valence-corrected chi connectivity index (χ3v) is 5.84. The summed E-state index contributed by atoms with van der Waals surface area (Å²) in [6, 6.07) is 15.2. The fourth-order valence-corrected chi connectivity index (χ4v) is 4.03. The lowest BCUT2D eigenvalue weighted by Crippen LogP contribution is -2.50. The molecule has 1 fully saturated rings. The summed E-state index contributed by atoms with van der Waals surface area (Å²) in [6.07, 6.45) is 5.18. The lowest BCUT2D eigenvalue weighted by atomic mass is 9.95. The molecule has 1 N–H and O–H groups in total. The minimum Gasteiger partial charge on any atom is -0.352 e. The van der Waals surface area contributed by atoms with E-state index in [-0.39, 0.29) is 36.5 Å². The highest BCUT2D eigenvalue weighted by Gasteiger charge is 2.29. The molecule has 0 heterocycles. The second-order valence-electron chi connectivity index (χ2n) is 8.09. The van der Waals surface area contributed by atoms with E-state index in [1.165, 1.54) is 17.4 Å². The summed E-state index contributed by atoms with van der Waals surface area (Å²) in [5.41, 5.74) is 1.15. The highest BCUT2D eigenvalue weighted by molar-refractivity contribution is 5.88. The summed E-state index contributed by atoms with van der Waals surface area (Å²) in [7, 11) is 0. The van der Waals surface area contributed by atoms with E-state index in [1.807, 2.05) is 30.3 Å². The summed E-state index contributed by atoms with van der Waals surface area (Å²) < 4.78 is 0. The Morgan fingerprint density at radius 1 is 1.06 bits per heavy atom. The van der Waals surface area contributed by atoms with E-state index in [1.54, 1.807) is 25.1 Å². The standard InChI is InChI=1S/C24H29N3O4/c1-18(24(29)25-21-13-6-3-7-14-21)26(17-19-10-4-2-5-11-19)23(28)16-20-12-8-9-15-22(20)27(30)31/h2,4-5,8-12,15,18,21H,3,6-7,13-14,16-17H2,1H3,(H,25,29)/t18-/m1/s1. The number of nitro benzene ring substituents is 1. The quantitative estimate of drug-likeness (QED) is 0.513. The topological polar surface area (TPSA) is 92.6 Å². The smallest absolute Gasteiger partial charge is 0.273 e. The van der Waals surface area contributed by atoms with Crippen molar-refractivity contribution in [2.75, 3.05) is 0 Å². The number of para-hydroxylation sites is 1. The minimum absolute atomic E-state index is 0.0881. The van der Waals surface area contributed by atoms with Crippen molar-refractivity contribution in [3.63, 3.8) is 0 Å². The van der Waals surface area contributed by atoms with Crippen molar-refractivity contribution in [3.8, 4) is 0 Å². The van der Waals surface area contributed by atoms with Gasteiger partial charge in [0, 0.05) is 24.2 Å². The highest BCUT2D eigenvalue weighted by Crippen LogP contribution is 2.21. The van der Waals surface area contributed by atoms with Crippen LogP contribution < -0.4 is 5.32 Å². The molecule has 0 bridgehead atoms. The molecule has 2 aromatic rings. The Balaban J connectivity index is 1.79. The molecule has 1 saturated carbocycles. The Hall–Kier alpha value is -3.22. The molecule has 0 radical (unpaired) electrons. The molecule has 0 spiro atoms. The Labute approximate surface area is 182 Å². The number of rotatable bonds is 8. The van der Waals surface area contributed by atoms with Gasteiger partial charge in [-0.1, -0.05) is 67.8 Å². The van der Waals surface area contributed by atoms with E-state index in [0.29, 0.717) is 5.56 Å². The number of hydrogen-bond donors (Lipinski definition) is 1. The minimum atomic E-state index is -0.683. The van der Waals surface area contributed by atoms with Gasteiger partial charge in [0.05, 0.1) is 11.3 Å². The van der Waals surface area contributed by atoms with Gasteiger partial charge in [0.2, 0.25) is 11.8 Å². The van der Waals surface area contributed by atoms with Crippen molar-refractivity contribution in [1.82, 2.24) is 10.2 Å². The largest absolute Gasteiger partial charge is 0.352 e. The molecule has 2 amide bonds. The highest BCUT2D eigenvalue weighted by atomic mass is 16.6. The van der Waals surface area contributed by atoms with Crippen molar-refractivity contribution in [2.45, 2.75) is 64.1 Å². The summed E-state index contributed by atoms with van der Waals surface area (Å²) >= 11 is 0. The zero-order chi connectivity index (χ0) is 22.2. The van der Waals surface area contributed by atoms with Crippen LogP contribution in [0.3, 0.4) is 0 Å². The van der Waals surface area contributed by atoms with Crippen LogP contribution in [0.4, 0.5) is 5.69 Å². The van der Waals surface area contributed by atoms with Crippen LogP contribution in [0, 0.1) is 10.1 Å². The van der Waals surface area contributed by atoms with Crippen molar-refractivity contribution in [1.29, 1.82) is 0 Å². The van der Waals surface area contributed by atoms with Gasteiger partial charge in [0.25, 0.3) is 5.69 Å². The molecule has 1 aliphatic rings. The van der Waals surface area contributed by atoms with Gasteiger partial charge in [-0.05, 0) is 25.3 Å². The Morgan fingerprint density at radius 2 is 1.71 bits per heavy atom. The molecule has 3 rings (SSSR count). The summed E-state index contributed by atoms with van der Waals surface area (Å²) in [5, 5.41) is 14.4. The van der Waals surface area contributed by atoms with E-state index in [2.05, 4.69) is 5.32 Å². The predicted molar refractivity (Wildman–Crippen MR) is 118 cm³/mol. The normalized spacial score (nSPS) is 15.1. The second kappa shape index (κ2) is 10.7. The van der Waals surface area contributed by atoms with Crippen molar-refractivity contribution >= 4 is 17.5 Å². The lowest BCUT2D eigenvalue weighted by molar-refractivity contribution is -0.385. The van der Waals surface area contributed by atoms with Crippen LogP contribution in [0.1, 0.15) is 50.2 Å². The molecular weight excluding hydrogens is 394 g/mol. The van der Waals surface area contributed by atoms with Crippen LogP contribution in [0.15, 0.2) is 54.6 Å². The number of hydrogen-bond acceptors (Lipinski definition) is 4. The van der Waals surface area contributed by atoms with Crippen molar-refractivity contribution in [3.05, 3.63) is 75.8 Å². The molecule has 2 aromatic carbocycles. The van der Waals surface area contributed by atoms with Crippen LogP contribution in [0.5, 0.6) is 0 Å². The average Bonchev–Trinajstić information content (AvgIpc) is 2.78. The fraction of sp³-hybridized carbons (Fsp3) is 0.417. The first-order chi connectivity index (χ1) is 15.0. The van der Waals surface area contributed by atoms with Crippen LogP contribution >= 0.6 is 0 Å². The third-order valence-electron chi connectivity index (χ3n) is 5.84. The zero-order valence-corrected chi connectivity index (χ0v) is 17.8. The average molecular weight is 424 g/mol. The van der Waals surface area contributed by atoms with Crippen LogP contribution in [0.25, 0.3) is 0 Å². The number of carbonyl (C=O) groups excluding carboxylic acids is 2. The zero-order valence-electron chi connectivity index (χ0n) is 17.8. The number of nitrogens with one attached hydrogen (secondary N) is 1. The van der Waals surface area contributed by atoms with Gasteiger partial charge in [-0.3, -0.25) is 19.7 Å². The maximum atomic E-state index is 13.3. The van der Waals surface area contributed by atoms with Gasteiger partial charge in [0.1, 0.15) is 6.04 Å². The molecule has 7 heteroatoms. The molecule has 31 heavy (non-hydrogen) atoms. The molecule has 0 unspecified atom stereocenters. The van der Waals surface area contributed by atoms with Gasteiger partial charge in [0.15, 0.2) is 0 Å². The second-order valence-corrected chi connectivity index (χ2v) is 8.09. The Bertz CT molecular complexity index is 910. The number of benzene rings is 2. The van der Waals surface area contributed by atoms with Crippen LogP contribution in [-0.4, -0.2) is 33.7 Å². The van der Waals surface area contributed by atoms with Crippen molar-refractivity contribution in [2.24, 2.45) is 0 Å². The molecule has 7 nitrogen and oxygen atoms in total. The Kier molecular flexibility index (Phi) is 7.76. The van der Waals surface area contributed by atoms with Gasteiger partial charge in [-0.25, -0.2) is 0 Å². The maximum absolute atomic E-state index is 13.3. The monoisotopic (exact) mass is 423 g/mol.